The number of aromatic nitrogens is 4. The van der Waals surface area contributed by atoms with Gasteiger partial charge in [0.15, 0.2) is 11.5 Å². The molecule has 2 amide bonds. The third-order valence-electron chi connectivity index (χ3n) is 3.39. The van der Waals surface area contributed by atoms with Crippen molar-refractivity contribution in [2.75, 3.05) is 11.1 Å². The van der Waals surface area contributed by atoms with Crippen molar-refractivity contribution in [2.24, 2.45) is 5.73 Å². The molecule has 1 aromatic carbocycles. The summed E-state index contributed by atoms with van der Waals surface area (Å²) in [6.07, 6.45) is 5.95. The van der Waals surface area contributed by atoms with Gasteiger partial charge in [0.25, 0.3) is 5.91 Å². The van der Waals surface area contributed by atoms with Crippen molar-refractivity contribution in [1.82, 2.24) is 19.7 Å². The Morgan fingerprint density at radius 2 is 2.00 bits per heavy atom. The first-order chi connectivity index (χ1) is 12.0. The standard InChI is InChI=1S/C16H15N7O2/c17-14-13(19-4-5-20-14)16(25)22-12-7-21-23(9-12)8-10-2-1-3-11(6-10)15(18)24/h1-7,9H,8H2,(H2,17,20)(H2,18,24)(H,22,25). The van der Waals surface area contributed by atoms with Crippen LogP contribution in [0, 0.1) is 0 Å². The van der Waals surface area contributed by atoms with Crippen LogP contribution in [0.2, 0.25) is 0 Å². The van der Waals surface area contributed by atoms with Crippen LogP contribution < -0.4 is 16.8 Å². The van der Waals surface area contributed by atoms with Gasteiger partial charge < -0.3 is 16.8 Å². The van der Waals surface area contributed by atoms with E-state index in [0.717, 1.165) is 5.56 Å². The number of benzene rings is 1. The lowest BCUT2D eigenvalue weighted by Crippen LogP contribution is -2.16. The number of rotatable bonds is 5. The first-order valence-electron chi connectivity index (χ1n) is 7.32. The Morgan fingerprint density at radius 3 is 2.76 bits per heavy atom. The van der Waals surface area contributed by atoms with E-state index in [-0.39, 0.29) is 11.5 Å². The molecule has 0 unspecified atom stereocenters. The van der Waals surface area contributed by atoms with Gasteiger partial charge in [-0.15, -0.1) is 0 Å². The van der Waals surface area contributed by atoms with Crippen molar-refractivity contribution in [1.29, 1.82) is 0 Å². The molecule has 126 valence electrons. The Bertz CT molecular complexity index is 935. The van der Waals surface area contributed by atoms with Crippen LogP contribution in [0.4, 0.5) is 11.5 Å². The van der Waals surface area contributed by atoms with E-state index >= 15 is 0 Å². The molecule has 0 saturated heterocycles. The second-order valence-corrected chi connectivity index (χ2v) is 5.24. The van der Waals surface area contributed by atoms with E-state index in [1.807, 2.05) is 6.07 Å². The normalized spacial score (nSPS) is 10.4. The van der Waals surface area contributed by atoms with E-state index in [0.29, 0.717) is 17.8 Å². The highest BCUT2D eigenvalue weighted by Gasteiger charge is 2.13. The van der Waals surface area contributed by atoms with Gasteiger partial charge in [-0.3, -0.25) is 14.3 Å². The summed E-state index contributed by atoms with van der Waals surface area (Å²) in [6.45, 7) is 0.421. The Labute approximate surface area is 142 Å². The monoisotopic (exact) mass is 337 g/mol. The lowest BCUT2D eigenvalue weighted by molar-refractivity contribution is 0.0997. The lowest BCUT2D eigenvalue weighted by atomic mass is 10.1. The van der Waals surface area contributed by atoms with Crippen LogP contribution >= 0.6 is 0 Å². The summed E-state index contributed by atoms with van der Waals surface area (Å²) in [5, 5.41) is 6.83. The highest BCUT2D eigenvalue weighted by Crippen LogP contribution is 2.12. The Hall–Kier alpha value is -3.75. The van der Waals surface area contributed by atoms with E-state index in [9.17, 15) is 9.59 Å². The molecule has 0 spiro atoms. The molecule has 0 bridgehead atoms. The van der Waals surface area contributed by atoms with Gasteiger partial charge in [0.2, 0.25) is 5.91 Å². The van der Waals surface area contributed by atoms with Gasteiger partial charge in [0, 0.05) is 24.2 Å². The smallest absolute Gasteiger partial charge is 0.278 e. The number of nitrogens with two attached hydrogens (primary N) is 2. The predicted octanol–water partition coefficient (Wildman–Crippen LogP) is 0.655. The summed E-state index contributed by atoms with van der Waals surface area (Å²) in [4.78, 5) is 31.1. The number of primary amides is 1. The average Bonchev–Trinajstić information content (AvgIpc) is 3.02. The summed E-state index contributed by atoms with van der Waals surface area (Å²) >= 11 is 0. The minimum atomic E-state index is -0.489. The summed E-state index contributed by atoms with van der Waals surface area (Å²) in [5.41, 5.74) is 12.7. The van der Waals surface area contributed by atoms with Crippen LogP contribution in [-0.4, -0.2) is 31.6 Å². The van der Waals surface area contributed by atoms with Gasteiger partial charge in [-0.1, -0.05) is 12.1 Å². The molecule has 9 nitrogen and oxygen atoms in total. The van der Waals surface area contributed by atoms with Crippen molar-refractivity contribution < 1.29 is 9.59 Å². The molecule has 9 heteroatoms. The van der Waals surface area contributed by atoms with Gasteiger partial charge in [-0.25, -0.2) is 9.97 Å². The molecule has 0 radical (unpaired) electrons. The number of nitrogen functional groups attached to an aromatic ring is 1. The van der Waals surface area contributed by atoms with E-state index in [1.54, 1.807) is 29.1 Å². The van der Waals surface area contributed by atoms with Crippen LogP contribution in [0.25, 0.3) is 0 Å². The number of nitrogens with zero attached hydrogens (tertiary/aromatic N) is 4. The number of amides is 2. The number of carbonyl (C=O) groups excluding carboxylic acids is 2. The number of carbonyl (C=O) groups is 2. The number of hydrogen-bond acceptors (Lipinski definition) is 6. The molecule has 2 aromatic heterocycles. The lowest BCUT2D eigenvalue weighted by Gasteiger charge is -2.04. The van der Waals surface area contributed by atoms with E-state index in [2.05, 4.69) is 20.4 Å². The number of hydrogen-bond donors (Lipinski definition) is 3. The zero-order chi connectivity index (χ0) is 17.8. The number of anilines is 2. The molecule has 0 atom stereocenters. The fourth-order valence-electron chi connectivity index (χ4n) is 2.24. The quantitative estimate of drug-likeness (QED) is 0.624. The summed E-state index contributed by atoms with van der Waals surface area (Å²) < 4.78 is 1.62. The zero-order valence-corrected chi connectivity index (χ0v) is 13.1. The summed E-state index contributed by atoms with van der Waals surface area (Å²) in [5.74, 6) is -0.909. The maximum absolute atomic E-state index is 12.1. The van der Waals surface area contributed by atoms with Crippen molar-refractivity contribution in [3.63, 3.8) is 0 Å². The van der Waals surface area contributed by atoms with Crippen LogP contribution in [-0.2, 0) is 6.54 Å². The maximum Gasteiger partial charge on any atom is 0.278 e. The molecule has 2 heterocycles. The fraction of sp³-hybridized carbons (Fsp3) is 0.0625. The van der Waals surface area contributed by atoms with Crippen molar-refractivity contribution in [3.8, 4) is 0 Å². The molecule has 0 fully saturated rings. The Morgan fingerprint density at radius 1 is 1.20 bits per heavy atom. The second kappa shape index (κ2) is 6.79. The zero-order valence-electron chi connectivity index (χ0n) is 13.1. The first-order valence-corrected chi connectivity index (χ1v) is 7.32. The summed E-state index contributed by atoms with van der Waals surface area (Å²) in [7, 11) is 0. The van der Waals surface area contributed by atoms with Gasteiger partial charge >= 0.3 is 0 Å². The van der Waals surface area contributed by atoms with Gasteiger partial charge in [0.1, 0.15) is 0 Å². The van der Waals surface area contributed by atoms with Crippen LogP contribution in [0.15, 0.2) is 49.1 Å². The molecule has 0 aliphatic carbocycles. The molecule has 0 aliphatic heterocycles. The van der Waals surface area contributed by atoms with Crippen LogP contribution in [0.3, 0.4) is 0 Å². The largest absolute Gasteiger partial charge is 0.382 e. The second-order valence-electron chi connectivity index (χ2n) is 5.24. The molecule has 3 aromatic rings. The fourth-order valence-corrected chi connectivity index (χ4v) is 2.24. The van der Waals surface area contributed by atoms with Gasteiger partial charge in [-0.05, 0) is 17.7 Å². The van der Waals surface area contributed by atoms with Crippen molar-refractivity contribution in [3.05, 3.63) is 65.9 Å². The predicted molar refractivity (Wildman–Crippen MR) is 90.7 cm³/mol. The van der Waals surface area contributed by atoms with Gasteiger partial charge in [-0.2, -0.15) is 5.10 Å². The molecule has 0 aliphatic rings. The molecule has 3 rings (SSSR count). The van der Waals surface area contributed by atoms with E-state index in [4.69, 9.17) is 11.5 Å². The van der Waals surface area contributed by atoms with Crippen LogP contribution in [0.1, 0.15) is 26.4 Å². The van der Waals surface area contributed by atoms with Crippen molar-refractivity contribution >= 4 is 23.3 Å². The minimum absolute atomic E-state index is 0.0457. The van der Waals surface area contributed by atoms with E-state index < -0.39 is 11.8 Å². The first kappa shape index (κ1) is 16.1. The third kappa shape index (κ3) is 3.78. The number of nitrogens with one attached hydrogen (secondary N) is 1. The SMILES string of the molecule is NC(=O)c1cccc(Cn2cc(NC(=O)c3nccnc3N)cn2)c1. The molecular weight excluding hydrogens is 322 g/mol. The third-order valence-corrected chi connectivity index (χ3v) is 3.39. The van der Waals surface area contributed by atoms with Gasteiger partial charge in [0.05, 0.1) is 18.4 Å². The highest BCUT2D eigenvalue weighted by molar-refractivity contribution is 6.05. The molecule has 5 N–H and O–H groups in total. The Kier molecular flexibility index (Phi) is 4.38. The van der Waals surface area contributed by atoms with Crippen molar-refractivity contribution in [2.45, 2.75) is 6.54 Å². The minimum Gasteiger partial charge on any atom is -0.382 e. The van der Waals surface area contributed by atoms with E-state index in [1.165, 1.54) is 18.6 Å². The molecule has 25 heavy (non-hydrogen) atoms. The summed E-state index contributed by atoms with van der Waals surface area (Å²) in [6, 6.07) is 6.94. The average molecular weight is 337 g/mol. The topological polar surface area (TPSA) is 142 Å². The maximum atomic E-state index is 12.1. The molecular formula is C16H15N7O2. The molecule has 0 saturated carbocycles. The van der Waals surface area contributed by atoms with Crippen LogP contribution in [0.5, 0.6) is 0 Å². The highest BCUT2D eigenvalue weighted by atomic mass is 16.2. The Balaban J connectivity index is 1.70.